The van der Waals surface area contributed by atoms with Crippen molar-refractivity contribution in [1.82, 2.24) is 4.90 Å². The zero-order valence-electron chi connectivity index (χ0n) is 16.9. The van der Waals surface area contributed by atoms with E-state index in [9.17, 15) is 24.1 Å². The molecule has 0 aromatic heterocycles. The van der Waals surface area contributed by atoms with Crippen molar-refractivity contribution in [3.63, 3.8) is 0 Å². The summed E-state index contributed by atoms with van der Waals surface area (Å²) in [6.45, 7) is 7.63. The highest BCUT2D eigenvalue weighted by molar-refractivity contribution is 5.94. The normalized spacial score (nSPS) is 15.0. The van der Waals surface area contributed by atoms with Crippen LogP contribution in [0, 0.1) is 15.9 Å². The van der Waals surface area contributed by atoms with Gasteiger partial charge in [0, 0.05) is 32.0 Å². The molecule has 1 aliphatic rings. The Labute approximate surface area is 167 Å². The number of halogens is 1. The third-order valence-corrected chi connectivity index (χ3v) is 4.13. The summed E-state index contributed by atoms with van der Waals surface area (Å²) in [4.78, 5) is 35.9. The topological polar surface area (TPSA) is 108 Å². The van der Waals surface area contributed by atoms with E-state index in [0.717, 1.165) is 6.07 Å². The van der Waals surface area contributed by atoms with Gasteiger partial charge in [0.15, 0.2) is 11.6 Å². The number of rotatable bonds is 5. The van der Waals surface area contributed by atoms with E-state index in [2.05, 4.69) is 0 Å². The van der Waals surface area contributed by atoms with Crippen molar-refractivity contribution in [1.29, 1.82) is 0 Å². The molecule has 10 heteroatoms. The fraction of sp³-hybridized carbons (Fsp3) is 0.579. The molecule has 0 unspecified atom stereocenters. The Hall–Kier alpha value is -2.91. The lowest BCUT2D eigenvalue weighted by Crippen LogP contribution is -2.44. The van der Waals surface area contributed by atoms with Gasteiger partial charge >= 0.3 is 12.1 Å². The molecule has 160 valence electrons. The fourth-order valence-corrected chi connectivity index (χ4v) is 2.82. The number of carbonyl (C=O) groups is 2. The molecule has 1 saturated heterocycles. The first-order valence-corrected chi connectivity index (χ1v) is 9.31. The standard InChI is InChI=1S/C19H25FN2O7/c1-5-27-17(23)13-10-16(14(20)11-15(13)22(25)26)28-12-6-8-21(9-7-12)18(24)29-19(2,3)4/h10-12H,5-9H2,1-4H3. The summed E-state index contributed by atoms with van der Waals surface area (Å²) in [7, 11) is 0. The summed E-state index contributed by atoms with van der Waals surface area (Å²) < 4.78 is 30.1. The van der Waals surface area contributed by atoms with Gasteiger partial charge in [-0.3, -0.25) is 10.1 Å². The average molecular weight is 412 g/mol. The minimum atomic E-state index is -0.945. The highest BCUT2D eigenvalue weighted by Crippen LogP contribution is 2.30. The predicted octanol–water partition coefficient (Wildman–Crippen LogP) is 3.69. The summed E-state index contributed by atoms with van der Waals surface area (Å²) in [5.41, 5.74) is -1.66. The first-order valence-electron chi connectivity index (χ1n) is 9.31. The monoisotopic (exact) mass is 412 g/mol. The third kappa shape index (κ3) is 6.03. The molecule has 0 aliphatic carbocycles. The van der Waals surface area contributed by atoms with Crippen molar-refractivity contribution in [2.24, 2.45) is 0 Å². The second-order valence-electron chi connectivity index (χ2n) is 7.56. The van der Waals surface area contributed by atoms with E-state index >= 15 is 0 Å². The van der Waals surface area contributed by atoms with Gasteiger partial charge in [0.05, 0.1) is 17.6 Å². The molecule has 2 rings (SSSR count). The molecule has 0 saturated carbocycles. The highest BCUT2D eigenvalue weighted by Gasteiger charge is 2.30. The lowest BCUT2D eigenvalue weighted by molar-refractivity contribution is -0.385. The van der Waals surface area contributed by atoms with Crippen molar-refractivity contribution in [3.05, 3.63) is 33.6 Å². The van der Waals surface area contributed by atoms with Crippen molar-refractivity contribution < 1.29 is 33.1 Å². The van der Waals surface area contributed by atoms with Gasteiger partial charge in [-0.05, 0) is 27.7 Å². The molecule has 1 heterocycles. The first kappa shape index (κ1) is 22.4. The Morgan fingerprint density at radius 1 is 1.28 bits per heavy atom. The number of esters is 1. The fourth-order valence-electron chi connectivity index (χ4n) is 2.82. The molecule has 0 bridgehead atoms. The number of amides is 1. The number of likely N-dealkylation sites (tertiary alicyclic amines) is 1. The Morgan fingerprint density at radius 3 is 2.41 bits per heavy atom. The van der Waals surface area contributed by atoms with E-state index in [1.807, 2.05) is 0 Å². The minimum Gasteiger partial charge on any atom is -0.487 e. The molecular weight excluding hydrogens is 387 g/mol. The van der Waals surface area contributed by atoms with Crippen LogP contribution in [0.4, 0.5) is 14.9 Å². The quantitative estimate of drug-likeness (QED) is 0.412. The Balaban J connectivity index is 2.09. The van der Waals surface area contributed by atoms with Crippen molar-refractivity contribution in [2.75, 3.05) is 19.7 Å². The molecule has 1 aliphatic heterocycles. The number of ether oxygens (including phenoxy) is 3. The van der Waals surface area contributed by atoms with Gasteiger partial charge in [0.25, 0.3) is 5.69 Å². The number of hydrogen-bond donors (Lipinski definition) is 0. The molecule has 1 fully saturated rings. The van der Waals surface area contributed by atoms with Crippen molar-refractivity contribution >= 4 is 17.7 Å². The molecule has 1 aromatic carbocycles. The maximum atomic E-state index is 14.3. The van der Waals surface area contributed by atoms with E-state index in [1.165, 1.54) is 0 Å². The van der Waals surface area contributed by atoms with Crippen LogP contribution in [-0.2, 0) is 9.47 Å². The van der Waals surface area contributed by atoms with Crippen LogP contribution >= 0.6 is 0 Å². The first-order chi connectivity index (χ1) is 13.5. The lowest BCUT2D eigenvalue weighted by atomic mass is 10.1. The number of nitro groups is 1. The second-order valence-corrected chi connectivity index (χ2v) is 7.56. The minimum absolute atomic E-state index is 0.0205. The number of nitrogens with zero attached hydrogens (tertiary/aromatic N) is 2. The van der Waals surface area contributed by atoms with E-state index in [-0.39, 0.29) is 17.9 Å². The van der Waals surface area contributed by atoms with Gasteiger partial charge in [-0.15, -0.1) is 0 Å². The lowest BCUT2D eigenvalue weighted by Gasteiger charge is -2.33. The van der Waals surface area contributed by atoms with Gasteiger partial charge < -0.3 is 19.1 Å². The van der Waals surface area contributed by atoms with E-state index in [1.54, 1.807) is 32.6 Å². The van der Waals surface area contributed by atoms with E-state index in [0.29, 0.717) is 32.0 Å². The van der Waals surface area contributed by atoms with Gasteiger partial charge in [0.2, 0.25) is 0 Å². The van der Waals surface area contributed by atoms with E-state index in [4.69, 9.17) is 14.2 Å². The second kappa shape index (κ2) is 9.06. The van der Waals surface area contributed by atoms with Crippen LogP contribution in [0.5, 0.6) is 5.75 Å². The zero-order valence-corrected chi connectivity index (χ0v) is 16.9. The summed E-state index contributed by atoms with van der Waals surface area (Å²) >= 11 is 0. The number of carbonyl (C=O) groups excluding carboxylic acids is 2. The van der Waals surface area contributed by atoms with Crippen molar-refractivity contribution in [3.8, 4) is 5.75 Å². The number of hydrogen-bond acceptors (Lipinski definition) is 7. The van der Waals surface area contributed by atoms with Crippen LogP contribution in [0.2, 0.25) is 0 Å². The number of nitro benzene ring substituents is 1. The van der Waals surface area contributed by atoms with Gasteiger partial charge in [-0.25, -0.2) is 14.0 Å². The molecular formula is C19H25FN2O7. The maximum Gasteiger partial charge on any atom is 0.410 e. The highest BCUT2D eigenvalue weighted by atomic mass is 19.1. The van der Waals surface area contributed by atoms with Crippen LogP contribution in [0.3, 0.4) is 0 Å². The molecule has 0 atom stereocenters. The number of benzene rings is 1. The molecule has 0 radical (unpaired) electrons. The van der Waals surface area contributed by atoms with Crippen LogP contribution < -0.4 is 4.74 Å². The SMILES string of the molecule is CCOC(=O)c1cc(OC2CCN(C(=O)OC(C)(C)C)CC2)c(F)cc1[N+](=O)[O-]. The predicted molar refractivity (Wildman–Crippen MR) is 100 cm³/mol. The molecule has 0 spiro atoms. The van der Waals surface area contributed by atoms with Crippen molar-refractivity contribution in [2.45, 2.75) is 52.2 Å². The Bertz CT molecular complexity index is 783. The van der Waals surface area contributed by atoms with Crippen LogP contribution in [0.15, 0.2) is 12.1 Å². The summed E-state index contributed by atoms with van der Waals surface area (Å²) in [5, 5.41) is 11.1. The molecule has 1 aromatic rings. The Morgan fingerprint density at radius 2 is 1.90 bits per heavy atom. The summed E-state index contributed by atoms with van der Waals surface area (Å²) in [5.74, 6) is -2.14. The zero-order chi connectivity index (χ0) is 21.8. The van der Waals surface area contributed by atoms with Gasteiger partial charge in [0.1, 0.15) is 17.3 Å². The van der Waals surface area contributed by atoms with Crippen LogP contribution in [-0.4, -0.2) is 53.3 Å². The summed E-state index contributed by atoms with van der Waals surface area (Å²) in [6, 6.07) is 1.64. The average Bonchev–Trinajstić information content (AvgIpc) is 2.62. The Kier molecular flexibility index (Phi) is 6.99. The van der Waals surface area contributed by atoms with E-state index < -0.39 is 40.2 Å². The molecule has 1 amide bonds. The third-order valence-electron chi connectivity index (χ3n) is 4.13. The van der Waals surface area contributed by atoms with Crippen LogP contribution in [0.1, 0.15) is 50.9 Å². The largest absolute Gasteiger partial charge is 0.487 e. The molecule has 9 nitrogen and oxygen atoms in total. The molecule has 29 heavy (non-hydrogen) atoms. The van der Waals surface area contributed by atoms with Crippen LogP contribution in [0.25, 0.3) is 0 Å². The van der Waals surface area contributed by atoms with Gasteiger partial charge in [-0.1, -0.05) is 0 Å². The maximum absolute atomic E-state index is 14.3. The summed E-state index contributed by atoms with van der Waals surface area (Å²) in [6.07, 6.45) is -0.00352. The number of piperidine rings is 1. The smallest absolute Gasteiger partial charge is 0.410 e. The molecule has 0 N–H and O–H groups in total. The van der Waals surface area contributed by atoms with Gasteiger partial charge in [-0.2, -0.15) is 0 Å².